The molecule has 0 saturated carbocycles. The van der Waals surface area contributed by atoms with Gasteiger partial charge in [-0.3, -0.25) is 9.59 Å². The number of piperazine rings is 1. The number of ether oxygens (including phenoxy) is 2. The Bertz CT molecular complexity index is 876. The highest BCUT2D eigenvalue weighted by atomic mass is 16.5. The second-order valence-electron chi connectivity index (χ2n) is 6.94. The number of hydrogen-bond acceptors (Lipinski definition) is 5. The minimum Gasteiger partial charge on any atom is -0.493 e. The molecule has 0 unspecified atom stereocenters. The Balaban J connectivity index is 1.54. The first kappa shape index (κ1) is 20.5. The summed E-state index contributed by atoms with van der Waals surface area (Å²) in [7, 11) is 3.10. The van der Waals surface area contributed by atoms with Crippen molar-refractivity contribution in [1.29, 1.82) is 0 Å². The molecule has 0 atom stereocenters. The zero-order valence-corrected chi connectivity index (χ0v) is 16.9. The van der Waals surface area contributed by atoms with Crippen LogP contribution in [0.15, 0.2) is 42.5 Å². The van der Waals surface area contributed by atoms with E-state index in [1.54, 1.807) is 37.3 Å². The van der Waals surface area contributed by atoms with Crippen LogP contribution in [0.3, 0.4) is 0 Å². The van der Waals surface area contributed by atoms with Gasteiger partial charge in [0, 0.05) is 43.9 Å². The van der Waals surface area contributed by atoms with Crippen molar-refractivity contribution in [2.24, 2.45) is 0 Å². The van der Waals surface area contributed by atoms with E-state index in [1.165, 1.54) is 0 Å². The van der Waals surface area contributed by atoms with Gasteiger partial charge in [-0.15, -0.1) is 0 Å². The Kier molecular flexibility index (Phi) is 6.59. The fourth-order valence-corrected chi connectivity index (χ4v) is 3.47. The molecule has 29 heavy (non-hydrogen) atoms. The van der Waals surface area contributed by atoms with Gasteiger partial charge in [0.05, 0.1) is 14.2 Å². The lowest BCUT2D eigenvalue weighted by Gasteiger charge is -2.35. The van der Waals surface area contributed by atoms with Gasteiger partial charge in [0.2, 0.25) is 5.91 Å². The topological polar surface area (TPSA) is 85.1 Å². The highest BCUT2D eigenvalue weighted by Crippen LogP contribution is 2.28. The molecule has 7 nitrogen and oxygen atoms in total. The second kappa shape index (κ2) is 9.32. The third-order valence-corrected chi connectivity index (χ3v) is 5.21. The van der Waals surface area contributed by atoms with E-state index >= 15 is 0 Å². The third kappa shape index (κ3) is 4.80. The summed E-state index contributed by atoms with van der Waals surface area (Å²) >= 11 is 0. The molecule has 154 valence electrons. The normalized spacial score (nSPS) is 13.9. The van der Waals surface area contributed by atoms with E-state index in [9.17, 15) is 9.59 Å². The minimum absolute atomic E-state index is 0.0740. The average Bonchev–Trinajstić information content (AvgIpc) is 2.77. The minimum atomic E-state index is -0.0740. The molecule has 7 heteroatoms. The van der Waals surface area contributed by atoms with E-state index < -0.39 is 0 Å². The van der Waals surface area contributed by atoms with Crippen LogP contribution in [0.1, 0.15) is 22.3 Å². The number of anilines is 1. The highest BCUT2D eigenvalue weighted by Gasteiger charge is 2.25. The number of hydrogen-bond donors (Lipinski definition) is 1. The molecule has 1 heterocycles. The summed E-state index contributed by atoms with van der Waals surface area (Å²) in [6.45, 7) is 2.07. The summed E-state index contributed by atoms with van der Waals surface area (Å²) in [5.74, 6) is 1.12. The van der Waals surface area contributed by atoms with Crippen LogP contribution in [0.4, 0.5) is 5.69 Å². The molecule has 1 aliphatic rings. The van der Waals surface area contributed by atoms with Gasteiger partial charge >= 0.3 is 0 Å². The van der Waals surface area contributed by atoms with Gasteiger partial charge in [0.25, 0.3) is 5.91 Å². The van der Waals surface area contributed by atoms with Crippen LogP contribution in [0.25, 0.3) is 0 Å². The lowest BCUT2D eigenvalue weighted by molar-refractivity contribution is -0.132. The van der Waals surface area contributed by atoms with Gasteiger partial charge in [0.15, 0.2) is 11.5 Å². The molecule has 0 aromatic heterocycles. The van der Waals surface area contributed by atoms with Crippen LogP contribution >= 0.6 is 0 Å². The van der Waals surface area contributed by atoms with Crippen molar-refractivity contribution >= 4 is 17.5 Å². The van der Waals surface area contributed by atoms with E-state index in [-0.39, 0.29) is 11.8 Å². The first-order valence-corrected chi connectivity index (χ1v) is 9.66. The fraction of sp³-hybridized carbons (Fsp3) is 0.364. The average molecular weight is 397 g/mol. The molecule has 3 rings (SSSR count). The van der Waals surface area contributed by atoms with Crippen LogP contribution in [-0.4, -0.2) is 62.0 Å². The van der Waals surface area contributed by atoms with Crippen molar-refractivity contribution in [3.05, 3.63) is 53.6 Å². The fourth-order valence-electron chi connectivity index (χ4n) is 3.47. The van der Waals surface area contributed by atoms with Crippen molar-refractivity contribution in [2.45, 2.75) is 12.8 Å². The lowest BCUT2D eigenvalue weighted by Crippen LogP contribution is -2.50. The van der Waals surface area contributed by atoms with Crippen molar-refractivity contribution in [2.75, 3.05) is 46.1 Å². The molecule has 2 aromatic carbocycles. The van der Waals surface area contributed by atoms with E-state index in [0.29, 0.717) is 61.8 Å². The van der Waals surface area contributed by atoms with Crippen LogP contribution in [-0.2, 0) is 11.2 Å². The smallest absolute Gasteiger partial charge is 0.254 e. The second-order valence-corrected chi connectivity index (χ2v) is 6.94. The van der Waals surface area contributed by atoms with Crippen molar-refractivity contribution in [3.63, 3.8) is 0 Å². The largest absolute Gasteiger partial charge is 0.493 e. The molecule has 0 radical (unpaired) electrons. The number of carbonyl (C=O) groups excluding carboxylic acids is 2. The molecule has 0 bridgehead atoms. The van der Waals surface area contributed by atoms with Gasteiger partial charge < -0.3 is 25.0 Å². The van der Waals surface area contributed by atoms with Gasteiger partial charge in [-0.25, -0.2) is 0 Å². The van der Waals surface area contributed by atoms with Crippen LogP contribution < -0.4 is 15.2 Å². The Morgan fingerprint density at radius 2 is 1.59 bits per heavy atom. The molecule has 1 aliphatic heterocycles. The molecular formula is C22H27N3O4. The Labute approximate surface area is 171 Å². The number of aryl methyl sites for hydroxylation is 1. The molecule has 2 amide bonds. The summed E-state index contributed by atoms with van der Waals surface area (Å²) in [5.41, 5.74) is 8.19. The number of para-hydroxylation sites is 1. The van der Waals surface area contributed by atoms with Gasteiger partial charge in [0.1, 0.15) is 0 Å². The van der Waals surface area contributed by atoms with Crippen molar-refractivity contribution in [3.8, 4) is 11.5 Å². The molecule has 0 spiro atoms. The number of rotatable bonds is 6. The number of nitrogen functional groups attached to an aromatic ring is 1. The van der Waals surface area contributed by atoms with E-state index in [4.69, 9.17) is 15.2 Å². The summed E-state index contributed by atoms with van der Waals surface area (Å²) in [6, 6.07) is 12.7. The number of nitrogens with zero attached hydrogens (tertiary/aromatic N) is 2. The SMILES string of the molecule is COc1ccc(C(=O)N2CCN(C(=O)CCc3ccccc3N)CC2)cc1OC. The first-order valence-electron chi connectivity index (χ1n) is 9.66. The van der Waals surface area contributed by atoms with E-state index in [2.05, 4.69) is 0 Å². The maximum absolute atomic E-state index is 12.8. The van der Waals surface area contributed by atoms with Crippen molar-refractivity contribution in [1.82, 2.24) is 9.80 Å². The molecule has 1 fully saturated rings. The summed E-state index contributed by atoms with van der Waals surface area (Å²) in [4.78, 5) is 28.9. The number of amides is 2. The predicted octanol–water partition coefficient (Wildman–Crippen LogP) is 2.20. The van der Waals surface area contributed by atoms with Crippen LogP contribution in [0.5, 0.6) is 11.5 Å². The Morgan fingerprint density at radius 3 is 2.24 bits per heavy atom. The number of benzene rings is 2. The molecule has 0 aliphatic carbocycles. The van der Waals surface area contributed by atoms with Crippen LogP contribution in [0, 0.1) is 0 Å². The maximum atomic E-state index is 12.8. The quantitative estimate of drug-likeness (QED) is 0.756. The number of nitrogens with two attached hydrogens (primary N) is 1. The molecule has 2 N–H and O–H groups in total. The standard InChI is InChI=1S/C22H27N3O4/c1-28-19-9-7-17(15-20(19)29-2)22(27)25-13-11-24(12-14-25)21(26)10-8-16-5-3-4-6-18(16)23/h3-7,9,15H,8,10-14,23H2,1-2H3. The van der Waals surface area contributed by atoms with Gasteiger partial charge in [-0.05, 0) is 36.2 Å². The van der Waals surface area contributed by atoms with E-state index in [1.807, 2.05) is 29.2 Å². The van der Waals surface area contributed by atoms with E-state index in [0.717, 1.165) is 5.56 Å². The summed E-state index contributed by atoms with van der Waals surface area (Å²) in [5, 5.41) is 0. The van der Waals surface area contributed by atoms with Crippen LogP contribution in [0.2, 0.25) is 0 Å². The monoisotopic (exact) mass is 397 g/mol. The first-order chi connectivity index (χ1) is 14.0. The number of carbonyl (C=O) groups is 2. The van der Waals surface area contributed by atoms with Gasteiger partial charge in [-0.2, -0.15) is 0 Å². The Hall–Kier alpha value is -3.22. The maximum Gasteiger partial charge on any atom is 0.254 e. The highest BCUT2D eigenvalue weighted by molar-refractivity contribution is 5.95. The zero-order valence-electron chi connectivity index (χ0n) is 16.9. The predicted molar refractivity (Wildman–Crippen MR) is 111 cm³/mol. The third-order valence-electron chi connectivity index (χ3n) is 5.21. The Morgan fingerprint density at radius 1 is 0.931 bits per heavy atom. The molecule has 2 aromatic rings. The van der Waals surface area contributed by atoms with Gasteiger partial charge in [-0.1, -0.05) is 18.2 Å². The summed E-state index contributed by atoms with van der Waals surface area (Å²) < 4.78 is 10.5. The lowest BCUT2D eigenvalue weighted by atomic mass is 10.1. The van der Waals surface area contributed by atoms with Crippen molar-refractivity contribution < 1.29 is 19.1 Å². The molecule has 1 saturated heterocycles. The summed E-state index contributed by atoms with van der Waals surface area (Å²) in [6.07, 6.45) is 1.04. The zero-order chi connectivity index (χ0) is 20.8. The number of methoxy groups -OCH3 is 2. The molecular weight excluding hydrogens is 370 g/mol.